The van der Waals surface area contributed by atoms with E-state index in [4.69, 9.17) is 4.74 Å². The maximum absolute atomic E-state index is 12.6. The molecular weight excluding hydrogens is 398 g/mol. The van der Waals surface area contributed by atoms with Crippen molar-refractivity contribution >= 4 is 40.5 Å². The number of hydrogen-bond acceptors (Lipinski definition) is 7. The van der Waals surface area contributed by atoms with Crippen LogP contribution in [0.2, 0.25) is 0 Å². The zero-order chi connectivity index (χ0) is 21.0. The minimum absolute atomic E-state index is 0.166. The minimum atomic E-state index is -1.12. The number of hydrogen-bond donors (Lipinski definition) is 1. The molecule has 2 aromatic rings. The quantitative estimate of drug-likeness (QED) is 0.439. The van der Waals surface area contributed by atoms with Gasteiger partial charge in [-0.25, -0.2) is 4.79 Å². The number of esters is 1. The first-order valence-corrected chi connectivity index (χ1v) is 9.85. The van der Waals surface area contributed by atoms with Crippen LogP contribution in [0.3, 0.4) is 0 Å². The minimum Gasteiger partial charge on any atom is -0.451 e. The number of benzene rings is 1. The molecule has 2 atom stereocenters. The molecule has 1 fully saturated rings. The lowest BCUT2D eigenvalue weighted by Crippen LogP contribution is -2.43. The van der Waals surface area contributed by atoms with Gasteiger partial charge in [-0.3, -0.25) is 19.7 Å². The molecule has 3 rings (SSSR count). The molecule has 0 saturated carbocycles. The topological polar surface area (TPSA) is 119 Å². The maximum atomic E-state index is 12.6. The lowest BCUT2D eigenvalue weighted by molar-refractivity contribution is -0.384. The van der Waals surface area contributed by atoms with E-state index in [1.165, 1.54) is 47.4 Å². The summed E-state index contributed by atoms with van der Waals surface area (Å²) in [7, 11) is 0. The second-order valence-corrected chi connectivity index (χ2v) is 7.46. The first-order chi connectivity index (χ1) is 13.9. The number of rotatable bonds is 6. The van der Waals surface area contributed by atoms with Gasteiger partial charge in [0, 0.05) is 24.4 Å². The summed E-state index contributed by atoms with van der Waals surface area (Å²) >= 11 is 1.30. The number of thiophene rings is 1. The number of non-ortho nitro benzene ring substituents is 1. The average molecular weight is 417 g/mol. The summed E-state index contributed by atoms with van der Waals surface area (Å²) < 4.78 is 5.27. The number of anilines is 1. The van der Waals surface area contributed by atoms with Gasteiger partial charge < -0.3 is 15.0 Å². The zero-order valence-electron chi connectivity index (χ0n) is 15.6. The van der Waals surface area contributed by atoms with Gasteiger partial charge in [-0.2, -0.15) is 0 Å². The normalized spacial score (nSPS) is 16.9. The highest BCUT2D eigenvalue weighted by molar-refractivity contribution is 7.12. The molecular formula is C19H19N3O6S. The van der Waals surface area contributed by atoms with E-state index in [9.17, 15) is 24.5 Å². The molecule has 152 valence electrons. The summed E-state index contributed by atoms with van der Waals surface area (Å²) in [5, 5.41) is 15.1. The molecule has 0 bridgehead atoms. The molecule has 1 aliphatic rings. The fraction of sp³-hybridized carbons (Fsp3) is 0.316. The molecule has 10 heteroatoms. The Morgan fingerprint density at radius 3 is 2.79 bits per heavy atom. The maximum Gasteiger partial charge on any atom is 0.329 e. The summed E-state index contributed by atoms with van der Waals surface area (Å²) in [5.41, 5.74) is 0.0589. The van der Waals surface area contributed by atoms with Crippen LogP contribution in [0.4, 0.5) is 11.4 Å². The fourth-order valence-electron chi connectivity index (χ4n) is 3.04. The van der Waals surface area contributed by atoms with E-state index in [1.54, 1.807) is 17.5 Å². The number of nitrogens with one attached hydrogen (secondary N) is 1. The second kappa shape index (κ2) is 8.82. The number of likely N-dealkylation sites (tertiary alicyclic amines) is 1. The van der Waals surface area contributed by atoms with Crippen molar-refractivity contribution in [1.29, 1.82) is 0 Å². The number of nitrogens with zero attached hydrogens (tertiary/aromatic N) is 2. The van der Waals surface area contributed by atoms with Crippen molar-refractivity contribution in [3.63, 3.8) is 0 Å². The molecule has 1 saturated heterocycles. The average Bonchev–Trinajstić information content (AvgIpc) is 3.39. The van der Waals surface area contributed by atoms with Crippen molar-refractivity contribution in [2.45, 2.75) is 31.9 Å². The van der Waals surface area contributed by atoms with E-state index in [0.717, 1.165) is 0 Å². The standard InChI is InChI=1S/C19H19N3O6S/c1-12(17(23)20-13-5-2-6-14(11-13)22(26)27)28-19(25)15-7-3-9-21(15)18(24)16-8-4-10-29-16/h2,4-6,8,10-12,15H,3,7,9H2,1H3,(H,20,23)/t12-,15-/m0/s1. The Morgan fingerprint density at radius 2 is 2.10 bits per heavy atom. The molecule has 0 radical (unpaired) electrons. The SMILES string of the molecule is C[C@H](OC(=O)[C@@H]1CCCN1C(=O)c1cccs1)C(=O)Nc1cccc([N+](=O)[O-])c1. The van der Waals surface area contributed by atoms with Crippen molar-refractivity contribution in [3.8, 4) is 0 Å². The predicted octanol–water partition coefficient (Wildman–Crippen LogP) is 2.83. The third-order valence-electron chi connectivity index (χ3n) is 4.50. The number of amides is 2. The van der Waals surface area contributed by atoms with Crippen molar-refractivity contribution in [3.05, 3.63) is 56.8 Å². The number of ether oxygens (including phenoxy) is 1. The zero-order valence-corrected chi connectivity index (χ0v) is 16.4. The summed E-state index contributed by atoms with van der Waals surface area (Å²) in [6, 6.07) is 8.18. The van der Waals surface area contributed by atoms with Gasteiger partial charge in [-0.05, 0) is 37.3 Å². The Hall–Kier alpha value is -3.27. The molecule has 0 spiro atoms. The van der Waals surface area contributed by atoms with Crippen molar-refractivity contribution in [2.75, 3.05) is 11.9 Å². The summed E-state index contributed by atoms with van der Waals surface area (Å²) in [5.74, 6) is -1.49. The van der Waals surface area contributed by atoms with Crippen molar-refractivity contribution in [2.24, 2.45) is 0 Å². The van der Waals surface area contributed by atoms with Crippen LogP contribution in [0.5, 0.6) is 0 Å². The molecule has 1 aromatic carbocycles. The Morgan fingerprint density at radius 1 is 1.31 bits per heavy atom. The number of carbonyl (C=O) groups excluding carboxylic acids is 3. The molecule has 29 heavy (non-hydrogen) atoms. The van der Waals surface area contributed by atoms with Crippen molar-refractivity contribution in [1.82, 2.24) is 4.90 Å². The van der Waals surface area contributed by atoms with Crippen LogP contribution in [0, 0.1) is 10.1 Å². The highest BCUT2D eigenvalue weighted by atomic mass is 32.1. The Bertz CT molecular complexity index is 930. The van der Waals surface area contributed by atoms with Gasteiger partial charge in [-0.15, -0.1) is 11.3 Å². The Kier molecular flexibility index (Phi) is 6.23. The van der Waals surface area contributed by atoms with Gasteiger partial charge in [-0.1, -0.05) is 12.1 Å². The van der Waals surface area contributed by atoms with Crippen LogP contribution in [-0.4, -0.2) is 46.3 Å². The van der Waals surface area contributed by atoms with Crippen LogP contribution in [0.15, 0.2) is 41.8 Å². The fourth-order valence-corrected chi connectivity index (χ4v) is 3.72. The smallest absolute Gasteiger partial charge is 0.329 e. The molecule has 1 aliphatic heterocycles. The number of carbonyl (C=O) groups is 3. The lowest BCUT2D eigenvalue weighted by atomic mass is 10.2. The summed E-state index contributed by atoms with van der Waals surface area (Å²) in [6.45, 7) is 1.86. The van der Waals surface area contributed by atoms with E-state index in [0.29, 0.717) is 24.3 Å². The van der Waals surface area contributed by atoms with Gasteiger partial charge in [0.25, 0.3) is 17.5 Å². The Labute approximate surface area is 170 Å². The molecule has 0 unspecified atom stereocenters. The first-order valence-electron chi connectivity index (χ1n) is 8.97. The highest BCUT2D eigenvalue weighted by Gasteiger charge is 2.37. The molecule has 9 nitrogen and oxygen atoms in total. The van der Waals surface area contributed by atoms with E-state index in [1.807, 2.05) is 0 Å². The first kappa shape index (κ1) is 20.5. The van der Waals surface area contributed by atoms with Gasteiger partial charge >= 0.3 is 5.97 Å². The summed E-state index contributed by atoms with van der Waals surface area (Å²) in [6.07, 6.45) is 0.0152. The van der Waals surface area contributed by atoms with Gasteiger partial charge in [0.1, 0.15) is 6.04 Å². The van der Waals surface area contributed by atoms with Crippen molar-refractivity contribution < 1.29 is 24.0 Å². The van der Waals surface area contributed by atoms with Crippen LogP contribution >= 0.6 is 11.3 Å². The van der Waals surface area contributed by atoms with E-state index >= 15 is 0 Å². The molecule has 1 N–H and O–H groups in total. The number of nitro groups is 1. The largest absolute Gasteiger partial charge is 0.451 e. The van der Waals surface area contributed by atoms with Crippen LogP contribution in [0.25, 0.3) is 0 Å². The highest BCUT2D eigenvalue weighted by Crippen LogP contribution is 2.24. The molecule has 1 aromatic heterocycles. The van der Waals surface area contributed by atoms with Gasteiger partial charge in [0.2, 0.25) is 0 Å². The van der Waals surface area contributed by atoms with E-state index in [-0.39, 0.29) is 17.3 Å². The lowest BCUT2D eigenvalue weighted by Gasteiger charge is -2.24. The number of nitro benzene ring substituents is 1. The predicted molar refractivity (Wildman–Crippen MR) is 106 cm³/mol. The second-order valence-electron chi connectivity index (χ2n) is 6.51. The summed E-state index contributed by atoms with van der Waals surface area (Å²) in [4.78, 5) is 49.7. The van der Waals surface area contributed by atoms with Crippen LogP contribution in [-0.2, 0) is 14.3 Å². The molecule has 0 aliphatic carbocycles. The molecule has 2 heterocycles. The Balaban J connectivity index is 1.60. The third kappa shape index (κ3) is 4.77. The van der Waals surface area contributed by atoms with Crippen LogP contribution in [0.1, 0.15) is 29.4 Å². The molecule has 2 amide bonds. The third-order valence-corrected chi connectivity index (χ3v) is 5.36. The van der Waals surface area contributed by atoms with E-state index in [2.05, 4.69) is 5.32 Å². The van der Waals surface area contributed by atoms with Crippen LogP contribution < -0.4 is 5.32 Å². The van der Waals surface area contributed by atoms with Gasteiger partial charge in [0.05, 0.1) is 9.80 Å². The van der Waals surface area contributed by atoms with Gasteiger partial charge in [0.15, 0.2) is 6.10 Å². The van der Waals surface area contributed by atoms with E-state index < -0.39 is 28.9 Å². The monoisotopic (exact) mass is 417 g/mol.